The summed E-state index contributed by atoms with van der Waals surface area (Å²) in [4.78, 5) is 18.4. The van der Waals surface area contributed by atoms with Crippen LogP contribution in [0.5, 0.6) is 0 Å². The lowest BCUT2D eigenvalue weighted by molar-refractivity contribution is 0.0690. The monoisotopic (exact) mass is 219 g/mol. The second-order valence-electron chi connectivity index (χ2n) is 3.06. The van der Waals surface area contributed by atoms with Gasteiger partial charge in [0.1, 0.15) is 0 Å². The lowest BCUT2D eigenvalue weighted by Crippen LogP contribution is -2.07. The average Bonchev–Trinajstić information content (AvgIpc) is 2.79. The van der Waals surface area contributed by atoms with Crippen LogP contribution in [0, 0.1) is 0 Å². The number of rotatable bonds is 4. The number of hydrogen-bond acceptors (Lipinski definition) is 5. The standard InChI is InChI=1S/C10H9N3O3/c14-9(15)8-1-3-11-10(13-8)12-5-7-2-4-16-6-7/h1-4,6H,5H2,(H,14,15)(H,11,12,13). The topological polar surface area (TPSA) is 88.2 Å². The molecule has 0 aliphatic rings. The molecule has 0 aromatic carbocycles. The van der Waals surface area contributed by atoms with Crippen LogP contribution in [0.1, 0.15) is 16.1 Å². The van der Waals surface area contributed by atoms with Crippen molar-refractivity contribution in [2.24, 2.45) is 0 Å². The molecule has 0 saturated carbocycles. The van der Waals surface area contributed by atoms with Gasteiger partial charge in [0.05, 0.1) is 12.5 Å². The van der Waals surface area contributed by atoms with E-state index in [1.165, 1.54) is 12.3 Å². The molecule has 0 aliphatic heterocycles. The van der Waals surface area contributed by atoms with Crippen molar-refractivity contribution in [2.75, 3.05) is 5.32 Å². The minimum Gasteiger partial charge on any atom is -0.477 e. The maximum absolute atomic E-state index is 10.7. The van der Waals surface area contributed by atoms with Crippen molar-refractivity contribution in [3.8, 4) is 0 Å². The summed E-state index contributed by atoms with van der Waals surface area (Å²) in [5.74, 6) is -0.796. The molecule has 0 bridgehead atoms. The van der Waals surface area contributed by atoms with Crippen LogP contribution in [0.4, 0.5) is 5.95 Å². The van der Waals surface area contributed by atoms with Crippen LogP contribution in [0.3, 0.4) is 0 Å². The van der Waals surface area contributed by atoms with E-state index in [4.69, 9.17) is 9.52 Å². The number of carboxylic acid groups (broad SMARTS) is 1. The van der Waals surface area contributed by atoms with Gasteiger partial charge in [0, 0.05) is 18.3 Å². The molecule has 6 nitrogen and oxygen atoms in total. The van der Waals surface area contributed by atoms with Gasteiger partial charge in [-0.05, 0) is 12.1 Å². The molecule has 6 heteroatoms. The molecule has 0 saturated heterocycles. The van der Waals surface area contributed by atoms with Gasteiger partial charge in [-0.1, -0.05) is 0 Å². The second kappa shape index (κ2) is 4.43. The Balaban J connectivity index is 2.04. The van der Waals surface area contributed by atoms with Gasteiger partial charge >= 0.3 is 5.97 Å². The maximum Gasteiger partial charge on any atom is 0.354 e. The Morgan fingerprint density at radius 1 is 1.50 bits per heavy atom. The van der Waals surface area contributed by atoms with Crippen LogP contribution >= 0.6 is 0 Å². The Kier molecular flexibility index (Phi) is 2.81. The molecule has 0 amide bonds. The predicted octanol–water partition coefficient (Wildman–Crippen LogP) is 1.38. The molecule has 0 radical (unpaired) electrons. The molecule has 0 unspecified atom stereocenters. The molecule has 0 aliphatic carbocycles. The molecular weight excluding hydrogens is 210 g/mol. The van der Waals surface area contributed by atoms with Crippen molar-refractivity contribution < 1.29 is 14.3 Å². The van der Waals surface area contributed by atoms with Crippen LogP contribution in [0.15, 0.2) is 35.3 Å². The van der Waals surface area contributed by atoms with Crippen LogP contribution < -0.4 is 5.32 Å². The van der Waals surface area contributed by atoms with Crippen molar-refractivity contribution in [3.05, 3.63) is 42.1 Å². The summed E-state index contributed by atoms with van der Waals surface area (Å²) in [7, 11) is 0. The van der Waals surface area contributed by atoms with Crippen LogP contribution in [0.2, 0.25) is 0 Å². The Bertz CT molecular complexity index is 482. The second-order valence-corrected chi connectivity index (χ2v) is 3.06. The summed E-state index contributed by atoms with van der Waals surface area (Å²) in [6, 6.07) is 3.14. The fourth-order valence-corrected chi connectivity index (χ4v) is 1.14. The number of nitrogens with one attached hydrogen (secondary N) is 1. The quantitative estimate of drug-likeness (QED) is 0.807. The van der Waals surface area contributed by atoms with E-state index < -0.39 is 5.97 Å². The Labute approximate surface area is 91.0 Å². The normalized spacial score (nSPS) is 10.0. The molecule has 0 atom stereocenters. The fraction of sp³-hybridized carbons (Fsp3) is 0.100. The van der Waals surface area contributed by atoms with Crippen LogP contribution in [-0.2, 0) is 6.54 Å². The van der Waals surface area contributed by atoms with E-state index in [2.05, 4.69) is 15.3 Å². The highest BCUT2D eigenvalue weighted by atomic mass is 16.4. The summed E-state index contributed by atoms with van der Waals surface area (Å²) >= 11 is 0. The smallest absolute Gasteiger partial charge is 0.354 e. The first-order valence-electron chi connectivity index (χ1n) is 4.57. The van der Waals surface area contributed by atoms with Gasteiger partial charge in [-0.25, -0.2) is 14.8 Å². The van der Waals surface area contributed by atoms with E-state index in [-0.39, 0.29) is 11.6 Å². The minimum absolute atomic E-state index is 0.0373. The first-order valence-corrected chi connectivity index (χ1v) is 4.57. The Morgan fingerprint density at radius 3 is 3.06 bits per heavy atom. The van der Waals surface area contributed by atoms with Crippen molar-refractivity contribution >= 4 is 11.9 Å². The summed E-state index contributed by atoms with van der Waals surface area (Å²) in [6.45, 7) is 0.486. The Morgan fingerprint density at radius 2 is 2.38 bits per heavy atom. The number of aromatic nitrogens is 2. The van der Waals surface area contributed by atoms with E-state index >= 15 is 0 Å². The lowest BCUT2D eigenvalue weighted by atomic mass is 10.3. The first kappa shape index (κ1) is 10.2. The number of anilines is 1. The SMILES string of the molecule is O=C(O)c1ccnc(NCc2ccoc2)n1. The summed E-state index contributed by atoms with van der Waals surface area (Å²) in [5.41, 5.74) is 0.897. The van der Waals surface area contributed by atoms with Gasteiger partial charge in [-0.3, -0.25) is 0 Å². The highest BCUT2D eigenvalue weighted by molar-refractivity contribution is 5.85. The minimum atomic E-state index is -1.08. The third kappa shape index (κ3) is 2.35. The Hall–Kier alpha value is -2.37. The zero-order chi connectivity index (χ0) is 11.4. The molecule has 2 aromatic heterocycles. The van der Waals surface area contributed by atoms with Gasteiger partial charge in [0.25, 0.3) is 0 Å². The molecule has 16 heavy (non-hydrogen) atoms. The maximum atomic E-state index is 10.7. The highest BCUT2D eigenvalue weighted by Crippen LogP contribution is 2.05. The van der Waals surface area contributed by atoms with Crippen molar-refractivity contribution in [1.29, 1.82) is 0 Å². The van der Waals surface area contributed by atoms with Crippen LogP contribution in [-0.4, -0.2) is 21.0 Å². The van der Waals surface area contributed by atoms with Gasteiger partial charge in [-0.15, -0.1) is 0 Å². The number of carbonyl (C=O) groups is 1. The van der Waals surface area contributed by atoms with E-state index in [0.29, 0.717) is 6.54 Å². The van der Waals surface area contributed by atoms with E-state index in [1.807, 2.05) is 0 Å². The molecule has 2 rings (SSSR count). The summed E-state index contributed by atoms with van der Waals surface area (Å²) in [6.07, 6.45) is 4.55. The highest BCUT2D eigenvalue weighted by Gasteiger charge is 2.05. The zero-order valence-electron chi connectivity index (χ0n) is 8.25. The molecule has 2 N–H and O–H groups in total. The van der Waals surface area contributed by atoms with Gasteiger partial charge in [-0.2, -0.15) is 0 Å². The van der Waals surface area contributed by atoms with E-state index in [9.17, 15) is 4.79 Å². The number of carboxylic acids is 1. The van der Waals surface area contributed by atoms with Gasteiger partial charge in [0.2, 0.25) is 5.95 Å². The van der Waals surface area contributed by atoms with Crippen molar-refractivity contribution in [1.82, 2.24) is 9.97 Å². The largest absolute Gasteiger partial charge is 0.477 e. The molecule has 0 spiro atoms. The molecule has 2 heterocycles. The average molecular weight is 219 g/mol. The van der Waals surface area contributed by atoms with Gasteiger partial charge < -0.3 is 14.8 Å². The summed E-state index contributed by atoms with van der Waals surface area (Å²) in [5, 5.41) is 11.6. The number of furan rings is 1. The number of hydrogen-bond donors (Lipinski definition) is 2. The van der Waals surface area contributed by atoms with Crippen molar-refractivity contribution in [3.63, 3.8) is 0 Å². The zero-order valence-corrected chi connectivity index (χ0v) is 8.25. The molecular formula is C10H9N3O3. The summed E-state index contributed by atoms with van der Waals surface area (Å²) < 4.78 is 4.89. The van der Waals surface area contributed by atoms with Crippen LogP contribution in [0.25, 0.3) is 0 Å². The number of aromatic carboxylic acids is 1. The lowest BCUT2D eigenvalue weighted by Gasteiger charge is -2.02. The van der Waals surface area contributed by atoms with E-state index in [0.717, 1.165) is 5.56 Å². The molecule has 2 aromatic rings. The number of nitrogens with zero attached hydrogens (tertiary/aromatic N) is 2. The first-order chi connectivity index (χ1) is 7.75. The third-order valence-corrected chi connectivity index (χ3v) is 1.91. The van der Waals surface area contributed by atoms with Gasteiger partial charge in [0.15, 0.2) is 5.69 Å². The third-order valence-electron chi connectivity index (χ3n) is 1.91. The molecule has 0 fully saturated rings. The molecule has 82 valence electrons. The van der Waals surface area contributed by atoms with E-state index in [1.54, 1.807) is 18.6 Å². The predicted molar refractivity (Wildman–Crippen MR) is 55.0 cm³/mol. The van der Waals surface area contributed by atoms with Crippen molar-refractivity contribution in [2.45, 2.75) is 6.54 Å². The fourth-order valence-electron chi connectivity index (χ4n) is 1.14.